The van der Waals surface area contributed by atoms with Crippen molar-refractivity contribution in [3.8, 4) is 33.6 Å². The van der Waals surface area contributed by atoms with E-state index in [1.807, 2.05) is 0 Å². The van der Waals surface area contributed by atoms with Crippen LogP contribution in [0, 0.1) is 0 Å². The van der Waals surface area contributed by atoms with Crippen LogP contribution in [0.15, 0.2) is 194 Å². The highest BCUT2D eigenvalue weighted by Gasteiger charge is 2.17. The average Bonchev–Trinajstić information content (AvgIpc) is 3.76. The number of rotatable bonds is 5. The van der Waals surface area contributed by atoms with Gasteiger partial charge in [0.05, 0.1) is 22.1 Å². The molecule has 0 N–H and O–H groups in total. The molecule has 11 rings (SSSR count). The quantitative estimate of drug-likeness (QED) is 0.170. The van der Waals surface area contributed by atoms with E-state index in [1.165, 1.54) is 93.5 Å². The van der Waals surface area contributed by atoms with Crippen molar-refractivity contribution in [2.45, 2.75) is 12.8 Å². The van der Waals surface area contributed by atoms with Crippen molar-refractivity contribution in [1.29, 1.82) is 0 Å². The first-order valence-electron chi connectivity index (χ1n) is 18.9. The van der Waals surface area contributed by atoms with Gasteiger partial charge in [-0.15, -0.1) is 0 Å². The summed E-state index contributed by atoms with van der Waals surface area (Å²) < 4.78 is 4.83. The molecule has 0 saturated carbocycles. The Balaban J connectivity index is 1.06. The number of benzene rings is 8. The van der Waals surface area contributed by atoms with Crippen molar-refractivity contribution in [3.05, 3.63) is 200 Å². The van der Waals surface area contributed by atoms with Crippen molar-refractivity contribution >= 4 is 60.0 Å². The molecule has 2 nitrogen and oxygen atoms in total. The maximum absolute atomic E-state index is 2.44. The van der Waals surface area contributed by atoms with Gasteiger partial charge in [-0.1, -0.05) is 133 Å². The minimum Gasteiger partial charge on any atom is -0.309 e. The number of fused-ring (bicyclic) bond motifs is 7. The fourth-order valence-electron chi connectivity index (χ4n) is 8.80. The van der Waals surface area contributed by atoms with Crippen LogP contribution in [0.25, 0.3) is 93.6 Å². The Bertz CT molecular complexity index is 3130. The van der Waals surface area contributed by atoms with Crippen molar-refractivity contribution in [2.75, 3.05) is 0 Å². The molecule has 2 heterocycles. The molecule has 0 atom stereocenters. The largest absolute Gasteiger partial charge is 0.309 e. The first-order chi connectivity index (χ1) is 26.8. The summed E-state index contributed by atoms with van der Waals surface area (Å²) in [6.07, 6.45) is 8.90. The van der Waals surface area contributed by atoms with E-state index in [-0.39, 0.29) is 0 Å². The molecule has 10 aromatic rings. The average molecular weight is 689 g/mol. The Morgan fingerprint density at radius 2 is 0.981 bits per heavy atom. The van der Waals surface area contributed by atoms with E-state index in [2.05, 4.69) is 203 Å². The summed E-state index contributed by atoms with van der Waals surface area (Å²) in [6.45, 7) is 0. The van der Waals surface area contributed by atoms with E-state index in [9.17, 15) is 0 Å². The highest BCUT2D eigenvalue weighted by molar-refractivity contribution is 6.13. The molecular weight excluding hydrogens is 653 g/mol. The van der Waals surface area contributed by atoms with E-state index in [4.69, 9.17) is 0 Å². The molecule has 0 bridgehead atoms. The zero-order chi connectivity index (χ0) is 35.6. The molecule has 1 aliphatic carbocycles. The maximum atomic E-state index is 2.44. The third-order valence-electron chi connectivity index (χ3n) is 11.4. The minimum atomic E-state index is 1.07. The molecule has 2 aromatic heterocycles. The zero-order valence-corrected chi connectivity index (χ0v) is 29.8. The first kappa shape index (κ1) is 30.7. The highest BCUT2D eigenvalue weighted by Crippen LogP contribution is 2.40. The summed E-state index contributed by atoms with van der Waals surface area (Å²) in [5.41, 5.74) is 14.8. The van der Waals surface area contributed by atoms with Crippen LogP contribution < -0.4 is 0 Å². The van der Waals surface area contributed by atoms with Crippen LogP contribution in [0.4, 0.5) is 0 Å². The highest BCUT2D eigenvalue weighted by atomic mass is 15.0. The van der Waals surface area contributed by atoms with E-state index in [0.29, 0.717) is 0 Å². The third-order valence-corrected chi connectivity index (χ3v) is 11.4. The Morgan fingerprint density at radius 3 is 1.80 bits per heavy atom. The molecule has 2 heteroatoms. The predicted molar refractivity (Wildman–Crippen MR) is 230 cm³/mol. The second kappa shape index (κ2) is 12.4. The smallest absolute Gasteiger partial charge is 0.0547 e. The summed E-state index contributed by atoms with van der Waals surface area (Å²) >= 11 is 0. The van der Waals surface area contributed by atoms with Gasteiger partial charge in [0.25, 0.3) is 0 Å². The van der Waals surface area contributed by atoms with Gasteiger partial charge >= 0.3 is 0 Å². The summed E-state index contributed by atoms with van der Waals surface area (Å²) in [6, 6.07) is 64.8. The lowest BCUT2D eigenvalue weighted by molar-refractivity contribution is 1.05. The van der Waals surface area contributed by atoms with Gasteiger partial charge in [-0.25, -0.2) is 0 Å². The predicted octanol–water partition coefficient (Wildman–Crippen LogP) is 14.1. The Kier molecular flexibility index (Phi) is 7.03. The van der Waals surface area contributed by atoms with Crippen molar-refractivity contribution in [2.24, 2.45) is 0 Å². The lowest BCUT2D eigenvalue weighted by Crippen LogP contribution is -1.95. The molecule has 8 aromatic carbocycles. The SMILES string of the molecule is C1=CCCC(c2ccc3c(c2)c2cc(-c4cccc5ccccc45)ccc2n3-c2ccc(-c3ccc4c5ccccc5n(-c5ccccc5)c4c3)cc2)=C1. The number of allylic oxidation sites excluding steroid dienone is 4. The van der Waals surface area contributed by atoms with Gasteiger partial charge in [0.15, 0.2) is 0 Å². The monoisotopic (exact) mass is 688 g/mol. The number of nitrogens with zero attached hydrogens (tertiary/aromatic N) is 2. The fourth-order valence-corrected chi connectivity index (χ4v) is 8.80. The second-order valence-electron chi connectivity index (χ2n) is 14.5. The number of hydrogen-bond donors (Lipinski definition) is 0. The van der Waals surface area contributed by atoms with Gasteiger partial charge in [0.2, 0.25) is 0 Å². The van der Waals surface area contributed by atoms with Gasteiger partial charge in [0, 0.05) is 32.9 Å². The molecule has 0 aliphatic heterocycles. The summed E-state index contributed by atoms with van der Waals surface area (Å²) in [5.74, 6) is 0. The summed E-state index contributed by atoms with van der Waals surface area (Å²) in [5, 5.41) is 7.63. The van der Waals surface area contributed by atoms with Gasteiger partial charge in [0.1, 0.15) is 0 Å². The Morgan fingerprint density at radius 1 is 0.370 bits per heavy atom. The Hall–Kier alpha value is -6.90. The van der Waals surface area contributed by atoms with Gasteiger partial charge in [-0.05, 0) is 118 Å². The zero-order valence-electron chi connectivity index (χ0n) is 29.8. The van der Waals surface area contributed by atoms with E-state index < -0.39 is 0 Å². The molecular formula is C52H36N2. The lowest BCUT2D eigenvalue weighted by Gasteiger charge is -2.12. The van der Waals surface area contributed by atoms with E-state index >= 15 is 0 Å². The molecule has 0 spiro atoms. The van der Waals surface area contributed by atoms with Crippen LogP contribution in [0.1, 0.15) is 18.4 Å². The number of hydrogen-bond acceptors (Lipinski definition) is 0. The fraction of sp³-hybridized carbons (Fsp3) is 0.0385. The van der Waals surface area contributed by atoms with Crippen LogP contribution in [-0.4, -0.2) is 9.13 Å². The van der Waals surface area contributed by atoms with Crippen LogP contribution in [0.2, 0.25) is 0 Å². The molecule has 1 aliphatic rings. The molecule has 0 saturated heterocycles. The first-order valence-corrected chi connectivity index (χ1v) is 18.9. The van der Waals surface area contributed by atoms with Crippen molar-refractivity contribution in [1.82, 2.24) is 9.13 Å². The van der Waals surface area contributed by atoms with Gasteiger partial charge < -0.3 is 9.13 Å². The topological polar surface area (TPSA) is 9.86 Å². The normalized spacial score (nSPS) is 13.1. The molecule has 54 heavy (non-hydrogen) atoms. The van der Waals surface area contributed by atoms with Gasteiger partial charge in [-0.2, -0.15) is 0 Å². The second-order valence-corrected chi connectivity index (χ2v) is 14.5. The van der Waals surface area contributed by atoms with Gasteiger partial charge in [-0.3, -0.25) is 0 Å². The van der Waals surface area contributed by atoms with Crippen LogP contribution in [0.5, 0.6) is 0 Å². The minimum absolute atomic E-state index is 1.07. The summed E-state index contributed by atoms with van der Waals surface area (Å²) in [4.78, 5) is 0. The molecule has 254 valence electrons. The number of para-hydroxylation sites is 2. The Labute approximate surface area is 314 Å². The van der Waals surface area contributed by atoms with Crippen LogP contribution >= 0.6 is 0 Å². The lowest BCUT2D eigenvalue weighted by atomic mass is 9.95. The van der Waals surface area contributed by atoms with Crippen molar-refractivity contribution in [3.63, 3.8) is 0 Å². The van der Waals surface area contributed by atoms with Crippen molar-refractivity contribution < 1.29 is 0 Å². The standard InChI is InChI=1S/C52H36N2/c1-3-12-35(13-4-1)38-25-30-50-47(32-38)48-33-40(44-20-11-15-37-14-7-8-18-43(37)44)26-31-51(48)53(50)42-27-22-36(23-28-42)39-24-29-46-45-19-9-10-21-49(45)54(52(46)34-39)41-16-5-2-6-17-41/h1-3,5-12,14-34H,4,13H2. The molecule has 0 fully saturated rings. The van der Waals surface area contributed by atoms with E-state index in [0.717, 1.165) is 18.5 Å². The molecule has 0 unspecified atom stereocenters. The maximum Gasteiger partial charge on any atom is 0.0547 e. The summed E-state index contributed by atoms with van der Waals surface area (Å²) in [7, 11) is 0. The molecule has 0 radical (unpaired) electrons. The van der Waals surface area contributed by atoms with Crippen LogP contribution in [0.3, 0.4) is 0 Å². The van der Waals surface area contributed by atoms with Crippen LogP contribution in [-0.2, 0) is 0 Å². The molecule has 0 amide bonds. The number of aromatic nitrogens is 2. The third kappa shape index (κ3) is 4.88. The van der Waals surface area contributed by atoms with E-state index in [1.54, 1.807) is 0 Å².